The van der Waals surface area contributed by atoms with E-state index in [1.54, 1.807) is 4.68 Å². The molecule has 1 saturated carbocycles. The van der Waals surface area contributed by atoms with Gasteiger partial charge in [-0.3, -0.25) is 4.68 Å². The van der Waals surface area contributed by atoms with E-state index in [1.165, 1.54) is 19.3 Å². The average Bonchev–Trinajstić information content (AvgIpc) is 2.46. The van der Waals surface area contributed by atoms with E-state index >= 15 is 0 Å². The van der Waals surface area contributed by atoms with Gasteiger partial charge in [0.25, 0.3) is 0 Å². The van der Waals surface area contributed by atoms with Crippen LogP contribution in [-0.2, 0) is 13.5 Å². The molecule has 1 aromatic rings. The van der Waals surface area contributed by atoms with Crippen LogP contribution in [0.15, 0.2) is 0 Å². The monoisotopic (exact) mass is 241 g/mol. The van der Waals surface area contributed by atoms with Crippen molar-refractivity contribution >= 4 is 11.6 Å². The summed E-state index contributed by atoms with van der Waals surface area (Å²) in [6.07, 6.45) is 6.89. The molecule has 1 fully saturated rings. The quantitative estimate of drug-likeness (QED) is 0.865. The van der Waals surface area contributed by atoms with Crippen LogP contribution in [0.5, 0.6) is 0 Å². The predicted octanol–water partition coefficient (Wildman–Crippen LogP) is 2.59. The molecule has 16 heavy (non-hydrogen) atoms. The third kappa shape index (κ3) is 2.25. The van der Waals surface area contributed by atoms with E-state index < -0.39 is 0 Å². The summed E-state index contributed by atoms with van der Waals surface area (Å²) in [6.45, 7) is 2.01. The second-order valence-electron chi connectivity index (χ2n) is 5.08. The molecule has 2 N–H and O–H groups in total. The number of halogens is 1. The van der Waals surface area contributed by atoms with E-state index in [1.807, 2.05) is 14.0 Å². The van der Waals surface area contributed by atoms with Crippen molar-refractivity contribution < 1.29 is 0 Å². The molecule has 0 spiro atoms. The predicted molar refractivity (Wildman–Crippen MR) is 66.7 cm³/mol. The summed E-state index contributed by atoms with van der Waals surface area (Å²) in [7, 11) is 1.88. The Bertz CT molecular complexity index is 378. The Hall–Kier alpha value is -0.540. The van der Waals surface area contributed by atoms with E-state index in [9.17, 15) is 0 Å². The van der Waals surface area contributed by atoms with Crippen molar-refractivity contribution in [1.29, 1.82) is 0 Å². The number of rotatable bonds is 2. The van der Waals surface area contributed by atoms with Gasteiger partial charge in [0.2, 0.25) is 0 Å². The van der Waals surface area contributed by atoms with Crippen molar-refractivity contribution in [1.82, 2.24) is 9.78 Å². The maximum absolute atomic E-state index is 6.44. The van der Waals surface area contributed by atoms with Crippen LogP contribution < -0.4 is 5.73 Å². The number of hydrogen-bond acceptors (Lipinski definition) is 2. The zero-order valence-electron chi connectivity index (χ0n) is 10.1. The molecule has 0 amide bonds. The van der Waals surface area contributed by atoms with E-state index in [0.29, 0.717) is 0 Å². The number of aromatic nitrogens is 2. The van der Waals surface area contributed by atoms with Gasteiger partial charge in [0.05, 0.1) is 5.69 Å². The molecule has 4 heteroatoms. The summed E-state index contributed by atoms with van der Waals surface area (Å²) in [4.78, 5) is 0. The highest BCUT2D eigenvalue weighted by Gasteiger charge is 2.30. The van der Waals surface area contributed by atoms with Gasteiger partial charge in [0.15, 0.2) is 0 Å². The number of hydrogen-bond donors (Lipinski definition) is 1. The first-order valence-corrected chi connectivity index (χ1v) is 6.36. The highest BCUT2D eigenvalue weighted by atomic mass is 35.5. The molecule has 2 rings (SSSR count). The Morgan fingerprint density at radius 2 is 2.00 bits per heavy atom. The third-order valence-electron chi connectivity index (χ3n) is 3.65. The van der Waals surface area contributed by atoms with Crippen molar-refractivity contribution in [2.75, 3.05) is 0 Å². The number of nitrogens with zero attached hydrogens (tertiary/aromatic N) is 2. The van der Waals surface area contributed by atoms with Crippen LogP contribution in [-0.4, -0.2) is 15.3 Å². The first kappa shape index (κ1) is 11.9. The standard InChI is InChI=1S/C12H20ClN3/c1-9-10(11(13)16(2)15-9)8-12(14)6-4-3-5-7-12/h3-8,14H2,1-2H3. The van der Waals surface area contributed by atoms with E-state index in [4.69, 9.17) is 17.3 Å². The summed E-state index contributed by atoms with van der Waals surface area (Å²) in [5, 5.41) is 5.08. The second-order valence-corrected chi connectivity index (χ2v) is 5.44. The Labute approximate surface area is 102 Å². The van der Waals surface area contributed by atoms with Crippen LogP contribution >= 0.6 is 11.6 Å². The lowest BCUT2D eigenvalue weighted by Crippen LogP contribution is -2.43. The first-order valence-electron chi connectivity index (χ1n) is 5.99. The fourth-order valence-electron chi connectivity index (χ4n) is 2.66. The molecule has 90 valence electrons. The van der Waals surface area contributed by atoms with Gasteiger partial charge in [-0.15, -0.1) is 0 Å². The summed E-state index contributed by atoms with van der Waals surface area (Å²) < 4.78 is 1.73. The van der Waals surface area contributed by atoms with E-state index in [-0.39, 0.29) is 5.54 Å². The smallest absolute Gasteiger partial charge is 0.130 e. The van der Waals surface area contributed by atoms with Crippen molar-refractivity contribution in [2.45, 2.75) is 51.0 Å². The van der Waals surface area contributed by atoms with Gasteiger partial charge < -0.3 is 5.73 Å². The topological polar surface area (TPSA) is 43.8 Å². The zero-order chi connectivity index (χ0) is 11.8. The van der Waals surface area contributed by atoms with Crippen molar-refractivity contribution in [2.24, 2.45) is 12.8 Å². The van der Waals surface area contributed by atoms with Crippen LogP contribution in [0.2, 0.25) is 5.15 Å². The van der Waals surface area contributed by atoms with Crippen LogP contribution in [0.25, 0.3) is 0 Å². The van der Waals surface area contributed by atoms with E-state index in [0.717, 1.165) is 35.7 Å². The Balaban J connectivity index is 2.19. The molecule has 0 bridgehead atoms. The molecule has 0 saturated heterocycles. The molecule has 1 aromatic heterocycles. The van der Waals surface area contributed by atoms with Gasteiger partial charge in [0.1, 0.15) is 5.15 Å². The van der Waals surface area contributed by atoms with Gasteiger partial charge >= 0.3 is 0 Å². The molecule has 0 radical (unpaired) electrons. The van der Waals surface area contributed by atoms with Crippen LogP contribution in [0.4, 0.5) is 0 Å². The Morgan fingerprint density at radius 1 is 1.38 bits per heavy atom. The molecule has 3 nitrogen and oxygen atoms in total. The molecule has 1 aliphatic rings. The normalized spacial score (nSPS) is 20.0. The Kier molecular flexibility index (Phi) is 3.27. The maximum atomic E-state index is 6.44. The zero-order valence-corrected chi connectivity index (χ0v) is 10.8. The Morgan fingerprint density at radius 3 is 2.50 bits per heavy atom. The summed E-state index contributed by atoms with van der Waals surface area (Å²) in [5.74, 6) is 0. The summed E-state index contributed by atoms with van der Waals surface area (Å²) >= 11 is 6.24. The third-order valence-corrected chi connectivity index (χ3v) is 4.12. The molecule has 1 aliphatic carbocycles. The van der Waals surface area contributed by atoms with E-state index in [2.05, 4.69) is 5.10 Å². The lowest BCUT2D eigenvalue weighted by molar-refractivity contribution is 0.294. The van der Waals surface area contributed by atoms with Gasteiger partial charge in [0, 0.05) is 18.2 Å². The first-order chi connectivity index (χ1) is 7.52. The van der Waals surface area contributed by atoms with Crippen LogP contribution in [0.1, 0.15) is 43.4 Å². The largest absolute Gasteiger partial charge is 0.325 e. The van der Waals surface area contributed by atoms with Crippen LogP contribution in [0.3, 0.4) is 0 Å². The fourth-order valence-corrected chi connectivity index (χ4v) is 2.90. The lowest BCUT2D eigenvalue weighted by Gasteiger charge is -2.33. The minimum atomic E-state index is -0.0598. The molecule has 0 aliphatic heterocycles. The van der Waals surface area contributed by atoms with Crippen molar-refractivity contribution in [3.05, 3.63) is 16.4 Å². The second kappa shape index (κ2) is 4.38. The van der Waals surface area contributed by atoms with Gasteiger partial charge in [-0.05, 0) is 26.2 Å². The molecule has 1 heterocycles. The lowest BCUT2D eigenvalue weighted by atomic mass is 9.78. The summed E-state index contributed by atoms with van der Waals surface area (Å²) in [6, 6.07) is 0. The molecular formula is C12H20ClN3. The minimum Gasteiger partial charge on any atom is -0.325 e. The molecular weight excluding hydrogens is 222 g/mol. The van der Waals surface area contributed by atoms with Crippen molar-refractivity contribution in [3.63, 3.8) is 0 Å². The molecule has 0 unspecified atom stereocenters. The van der Waals surface area contributed by atoms with Gasteiger partial charge in [-0.1, -0.05) is 30.9 Å². The average molecular weight is 242 g/mol. The van der Waals surface area contributed by atoms with Gasteiger partial charge in [-0.2, -0.15) is 5.10 Å². The maximum Gasteiger partial charge on any atom is 0.130 e. The minimum absolute atomic E-state index is 0.0598. The highest BCUT2D eigenvalue weighted by Crippen LogP contribution is 2.32. The fraction of sp³-hybridized carbons (Fsp3) is 0.750. The van der Waals surface area contributed by atoms with Crippen LogP contribution in [0, 0.1) is 6.92 Å². The number of aryl methyl sites for hydroxylation is 2. The highest BCUT2D eigenvalue weighted by molar-refractivity contribution is 6.30. The summed E-state index contributed by atoms with van der Waals surface area (Å²) in [5.41, 5.74) is 8.53. The van der Waals surface area contributed by atoms with Crippen molar-refractivity contribution in [3.8, 4) is 0 Å². The number of nitrogens with two attached hydrogens (primary N) is 1. The van der Waals surface area contributed by atoms with Gasteiger partial charge in [-0.25, -0.2) is 0 Å². The molecule has 0 atom stereocenters. The molecule has 0 aromatic carbocycles. The SMILES string of the molecule is Cc1nn(C)c(Cl)c1CC1(N)CCCCC1.